The smallest absolute Gasteiger partial charge is 0.269 e. The maximum atomic E-state index is 12.7. The highest BCUT2D eigenvalue weighted by Gasteiger charge is 2.14. The zero-order chi connectivity index (χ0) is 19.2. The molecule has 134 valence electrons. The number of nitrogens with zero attached hydrogens (tertiary/aromatic N) is 1. The highest BCUT2D eigenvalue weighted by molar-refractivity contribution is 6.12. The van der Waals surface area contributed by atoms with Crippen LogP contribution >= 0.6 is 0 Å². The molecule has 0 bridgehead atoms. The lowest BCUT2D eigenvalue weighted by Crippen LogP contribution is -2.16. The minimum atomic E-state index is -0.516. The van der Waals surface area contributed by atoms with Gasteiger partial charge in [-0.15, -0.1) is 0 Å². The van der Waals surface area contributed by atoms with Crippen LogP contribution < -0.4 is 5.32 Å². The van der Waals surface area contributed by atoms with Crippen LogP contribution in [0.4, 0.5) is 11.4 Å². The summed E-state index contributed by atoms with van der Waals surface area (Å²) in [6, 6.07) is 21.3. The number of rotatable bonds is 7. The molecule has 1 N–H and O–H groups in total. The van der Waals surface area contributed by atoms with Gasteiger partial charge < -0.3 is 5.32 Å². The predicted molar refractivity (Wildman–Crippen MR) is 102 cm³/mol. The first-order valence-electron chi connectivity index (χ1n) is 8.26. The van der Waals surface area contributed by atoms with Crippen LogP contribution in [0.2, 0.25) is 0 Å². The van der Waals surface area contributed by atoms with Crippen LogP contribution in [-0.2, 0) is 0 Å². The summed E-state index contributed by atoms with van der Waals surface area (Å²) in [7, 11) is 0. The van der Waals surface area contributed by atoms with Crippen molar-refractivity contribution in [2.24, 2.45) is 0 Å². The SMILES string of the molecule is O=C(CNc1ccccc1C(=O)c1ccccc1)c1ccc([N+](=O)[O-])cc1. The Balaban J connectivity index is 1.74. The minimum absolute atomic E-state index is 0.0309. The van der Waals surface area contributed by atoms with Crippen LogP contribution in [0.3, 0.4) is 0 Å². The van der Waals surface area contributed by atoms with Gasteiger partial charge in [-0.2, -0.15) is 0 Å². The normalized spacial score (nSPS) is 10.2. The van der Waals surface area contributed by atoms with Crippen LogP contribution in [0.15, 0.2) is 78.9 Å². The average molecular weight is 360 g/mol. The molecule has 6 nitrogen and oxygen atoms in total. The van der Waals surface area contributed by atoms with Gasteiger partial charge in [0.25, 0.3) is 5.69 Å². The average Bonchev–Trinajstić information content (AvgIpc) is 2.72. The first kappa shape index (κ1) is 18.0. The van der Waals surface area contributed by atoms with Gasteiger partial charge in [0.15, 0.2) is 11.6 Å². The Kier molecular flexibility index (Phi) is 5.37. The lowest BCUT2D eigenvalue weighted by atomic mass is 10.0. The summed E-state index contributed by atoms with van der Waals surface area (Å²) in [6.45, 7) is -0.0309. The molecule has 3 aromatic carbocycles. The number of benzene rings is 3. The van der Waals surface area contributed by atoms with E-state index in [2.05, 4.69) is 5.32 Å². The second-order valence-electron chi connectivity index (χ2n) is 5.82. The third-order valence-electron chi connectivity index (χ3n) is 4.05. The molecule has 3 rings (SSSR count). The molecular weight excluding hydrogens is 344 g/mol. The monoisotopic (exact) mass is 360 g/mol. The topological polar surface area (TPSA) is 89.3 Å². The number of nitro groups is 1. The van der Waals surface area contributed by atoms with E-state index in [0.29, 0.717) is 22.4 Å². The summed E-state index contributed by atoms with van der Waals surface area (Å²) in [5.74, 6) is -0.367. The summed E-state index contributed by atoms with van der Waals surface area (Å²) in [4.78, 5) is 35.2. The fourth-order valence-electron chi connectivity index (χ4n) is 2.63. The molecule has 0 saturated heterocycles. The zero-order valence-electron chi connectivity index (χ0n) is 14.3. The lowest BCUT2D eigenvalue weighted by Gasteiger charge is -2.11. The molecule has 0 unspecified atom stereocenters. The quantitative estimate of drug-likeness (QED) is 0.389. The maximum absolute atomic E-state index is 12.7. The van der Waals surface area contributed by atoms with Gasteiger partial charge in [0.05, 0.1) is 11.5 Å². The summed E-state index contributed by atoms with van der Waals surface area (Å²) in [6.07, 6.45) is 0. The standard InChI is InChI=1S/C21H16N2O4/c24-20(15-10-12-17(13-11-15)23(26)27)14-22-19-9-5-4-8-18(19)21(25)16-6-2-1-3-7-16/h1-13,22H,14H2. The lowest BCUT2D eigenvalue weighted by molar-refractivity contribution is -0.384. The van der Waals surface area contributed by atoms with Gasteiger partial charge in [-0.05, 0) is 24.3 Å². The van der Waals surface area contributed by atoms with Crippen LogP contribution in [0.1, 0.15) is 26.3 Å². The van der Waals surface area contributed by atoms with Crippen molar-refractivity contribution in [3.8, 4) is 0 Å². The number of nitrogens with one attached hydrogen (secondary N) is 1. The molecule has 0 aromatic heterocycles. The van der Waals surface area contributed by atoms with Crippen molar-refractivity contribution in [3.63, 3.8) is 0 Å². The molecule has 0 saturated carbocycles. The van der Waals surface area contributed by atoms with Gasteiger partial charge in [0, 0.05) is 34.5 Å². The molecule has 0 amide bonds. The molecule has 0 aliphatic rings. The number of non-ortho nitro benzene ring substituents is 1. The molecule has 3 aromatic rings. The molecular formula is C21H16N2O4. The molecule has 27 heavy (non-hydrogen) atoms. The Morgan fingerprint density at radius 1 is 0.815 bits per heavy atom. The summed E-state index contributed by atoms with van der Waals surface area (Å²) < 4.78 is 0. The first-order valence-corrected chi connectivity index (χ1v) is 8.26. The van der Waals surface area contributed by atoms with E-state index in [-0.39, 0.29) is 23.8 Å². The molecule has 0 fully saturated rings. The summed E-state index contributed by atoms with van der Waals surface area (Å²) in [5, 5.41) is 13.7. The molecule has 0 aliphatic carbocycles. The van der Waals surface area contributed by atoms with Crippen molar-refractivity contribution in [2.45, 2.75) is 0 Å². The van der Waals surface area contributed by atoms with Crippen LogP contribution in [0.5, 0.6) is 0 Å². The van der Waals surface area contributed by atoms with E-state index in [1.54, 1.807) is 48.5 Å². The van der Waals surface area contributed by atoms with Gasteiger partial charge in [-0.3, -0.25) is 19.7 Å². The number of ketones is 2. The number of Topliss-reactive ketones (excluding diaryl/α,β-unsaturated/α-hetero) is 1. The van der Waals surface area contributed by atoms with Gasteiger partial charge in [-0.1, -0.05) is 42.5 Å². The Bertz CT molecular complexity index is 983. The predicted octanol–water partition coefficient (Wildman–Crippen LogP) is 4.12. The van der Waals surface area contributed by atoms with Crippen LogP contribution in [0.25, 0.3) is 0 Å². The van der Waals surface area contributed by atoms with E-state index in [9.17, 15) is 19.7 Å². The number of anilines is 1. The molecule has 6 heteroatoms. The van der Waals surface area contributed by atoms with Crippen molar-refractivity contribution in [1.82, 2.24) is 0 Å². The highest BCUT2D eigenvalue weighted by Crippen LogP contribution is 2.19. The van der Waals surface area contributed by atoms with E-state index in [4.69, 9.17) is 0 Å². The largest absolute Gasteiger partial charge is 0.377 e. The minimum Gasteiger partial charge on any atom is -0.377 e. The second kappa shape index (κ2) is 8.05. The van der Waals surface area contributed by atoms with Gasteiger partial charge in [0.2, 0.25) is 0 Å². The Morgan fingerprint density at radius 3 is 2.11 bits per heavy atom. The number of hydrogen-bond acceptors (Lipinski definition) is 5. The molecule has 0 heterocycles. The van der Waals surface area contributed by atoms with E-state index in [1.165, 1.54) is 24.3 Å². The van der Waals surface area contributed by atoms with Gasteiger partial charge >= 0.3 is 0 Å². The number of para-hydroxylation sites is 1. The zero-order valence-corrected chi connectivity index (χ0v) is 14.3. The first-order chi connectivity index (χ1) is 13.1. The van der Waals surface area contributed by atoms with E-state index < -0.39 is 4.92 Å². The number of nitro benzene ring substituents is 1. The number of hydrogen-bond donors (Lipinski definition) is 1. The maximum Gasteiger partial charge on any atom is 0.269 e. The Labute approximate surface area is 155 Å². The van der Waals surface area contributed by atoms with Crippen LogP contribution in [-0.4, -0.2) is 23.0 Å². The van der Waals surface area contributed by atoms with E-state index in [1.807, 2.05) is 6.07 Å². The Hall–Kier alpha value is -3.80. The highest BCUT2D eigenvalue weighted by atomic mass is 16.6. The van der Waals surface area contributed by atoms with Gasteiger partial charge in [-0.25, -0.2) is 0 Å². The van der Waals surface area contributed by atoms with E-state index in [0.717, 1.165) is 0 Å². The van der Waals surface area contributed by atoms with Crippen molar-refractivity contribution >= 4 is 22.9 Å². The number of carbonyl (C=O) groups is 2. The fourth-order valence-corrected chi connectivity index (χ4v) is 2.63. The van der Waals surface area contributed by atoms with Crippen molar-refractivity contribution in [1.29, 1.82) is 0 Å². The third kappa shape index (κ3) is 4.24. The third-order valence-corrected chi connectivity index (χ3v) is 4.05. The molecule has 0 radical (unpaired) electrons. The fraction of sp³-hybridized carbons (Fsp3) is 0.0476. The van der Waals surface area contributed by atoms with Crippen LogP contribution in [0, 0.1) is 10.1 Å². The molecule has 0 aliphatic heterocycles. The molecule has 0 atom stereocenters. The molecule has 0 spiro atoms. The van der Waals surface area contributed by atoms with Crippen molar-refractivity contribution < 1.29 is 14.5 Å². The second-order valence-corrected chi connectivity index (χ2v) is 5.82. The Morgan fingerprint density at radius 2 is 1.44 bits per heavy atom. The van der Waals surface area contributed by atoms with Crippen molar-refractivity contribution in [2.75, 3.05) is 11.9 Å². The van der Waals surface area contributed by atoms with E-state index >= 15 is 0 Å². The van der Waals surface area contributed by atoms with Gasteiger partial charge in [0.1, 0.15) is 0 Å². The number of carbonyl (C=O) groups excluding carboxylic acids is 2. The summed E-state index contributed by atoms with van der Waals surface area (Å²) in [5.41, 5.74) is 1.88. The summed E-state index contributed by atoms with van der Waals surface area (Å²) >= 11 is 0. The van der Waals surface area contributed by atoms with Crippen molar-refractivity contribution in [3.05, 3.63) is 106 Å².